The number of anilines is 1. The van der Waals surface area contributed by atoms with Crippen LogP contribution in [-0.2, 0) is 0 Å². The molecule has 4 nitrogen and oxygen atoms in total. The molecule has 2 amide bonds. The van der Waals surface area contributed by atoms with Crippen LogP contribution in [0, 0.1) is 6.92 Å². The number of amides is 2. The number of nitrogens with one attached hydrogen (secondary N) is 1. The zero-order valence-corrected chi connectivity index (χ0v) is 14.3. The molecule has 1 heterocycles. The van der Waals surface area contributed by atoms with Gasteiger partial charge < -0.3 is 15.1 Å². The number of hydrogen-bond acceptors (Lipinski definition) is 2. The Morgan fingerprint density at radius 2 is 1.95 bits per heavy atom. The van der Waals surface area contributed by atoms with Gasteiger partial charge in [0.1, 0.15) is 0 Å². The molecule has 22 heavy (non-hydrogen) atoms. The van der Waals surface area contributed by atoms with E-state index in [9.17, 15) is 4.79 Å². The number of nitrogens with zero attached hydrogens (tertiary/aromatic N) is 2. The Balaban J connectivity index is 1.79. The number of hydrogen-bond donors (Lipinski definition) is 1. The van der Waals surface area contributed by atoms with E-state index in [1.807, 2.05) is 24.0 Å². The highest BCUT2D eigenvalue weighted by Crippen LogP contribution is 2.24. The van der Waals surface area contributed by atoms with Gasteiger partial charge in [-0.25, -0.2) is 4.79 Å². The SMILES string of the molecule is CCCCCNC(=O)N1CCN(c2ccc(C)c(Cl)c2)CC1. The van der Waals surface area contributed by atoms with Crippen molar-refractivity contribution in [2.75, 3.05) is 37.6 Å². The minimum atomic E-state index is 0.0673. The second-order valence-corrected chi connectivity index (χ2v) is 6.25. The molecule has 0 atom stereocenters. The van der Waals surface area contributed by atoms with Gasteiger partial charge in [0.05, 0.1) is 0 Å². The maximum absolute atomic E-state index is 12.1. The first-order chi connectivity index (χ1) is 10.6. The minimum absolute atomic E-state index is 0.0673. The number of aryl methyl sites for hydroxylation is 1. The highest BCUT2D eigenvalue weighted by atomic mass is 35.5. The van der Waals surface area contributed by atoms with Gasteiger partial charge in [-0.2, -0.15) is 0 Å². The van der Waals surface area contributed by atoms with E-state index in [1.165, 1.54) is 12.8 Å². The number of unbranched alkanes of at least 4 members (excludes halogenated alkanes) is 2. The van der Waals surface area contributed by atoms with Crippen molar-refractivity contribution >= 4 is 23.3 Å². The quantitative estimate of drug-likeness (QED) is 0.839. The van der Waals surface area contributed by atoms with Gasteiger partial charge in [-0.1, -0.05) is 37.4 Å². The molecule has 0 aliphatic carbocycles. The molecule has 0 spiro atoms. The summed E-state index contributed by atoms with van der Waals surface area (Å²) in [7, 11) is 0. The molecule has 1 N–H and O–H groups in total. The largest absolute Gasteiger partial charge is 0.368 e. The van der Waals surface area contributed by atoms with E-state index in [0.29, 0.717) is 0 Å². The van der Waals surface area contributed by atoms with Gasteiger partial charge in [0, 0.05) is 43.4 Å². The first-order valence-corrected chi connectivity index (χ1v) is 8.53. The fraction of sp³-hybridized carbons (Fsp3) is 0.588. The van der Waals surface area contributed by atoms with E-state index in [0.717, 1.165) is 55.4 Å². The van der Waals surface area contributed by atoms with Crippen LogP contribution in [0.1, 0.15) is 31.7 Å². The van der Waals surface area contributed by atoms with Crippen molar-refractivity contribution in [2.24, 2.45) is 0 Å². The highest BCUT2D eigenvalue weighted by molar-refractivity contribution is 6.31. The number of carbonyl (C=O) groups excluding carboxylic acids is 1. The molecule has 1 aliphatic rings. The summed E-state index contributed by atoms with van der Waals surface area (Å²) in [5.74, 6) is 0. The van der Waals surface area contributed by atoms with Gasteiger partial charge in [0.15, 0.2) is 0 Å². The van der Waals surface area contributed by atoms with Crippen molar-refractivity contribution in [1.29, 1.82) is 0 Å². The summed E-state index contributed by atoms with van der Waals surface area (Å²) in [6.07, 6.45) is 3.40. The standard InChI is InChI=1S/C17H26ClN3O/c1-3-4-5-8-19-17(22)21-11-9-20(10-12-21)15-7-6-14(2)16(18)13-15/h6-7,13H,3-5,8-12H2,1-2H3,(H,19,22). The van der Waals surface area contributed by atoms with Crippen LogP contribution in [0.25, 0.3) is 0 Å². The molecular weight excluding hydrogens is 298 g/mol. The van der Waals surface area contributed by atoms with Crippen molar-refractivity contribution in [3.63, 3.8) is 0 Å². The molecule has 2 rings (SSSR count). The lowest BCUT2D eigenvalue weighted by atomic mass is 10.2. The summed E-state index contributed by atoms with van der Waals surface area (Å²) in [5, 5.41) is 3.81. The third-order valence-electron chi connectivity index (χ3n) is 4.14. The van der Waals surface area contributed by atoms with Crippen LogP contribution in [0.5, 0.6) is 0 Å². The van der Waals surface area contributed by atoms with Gasteiger partial charge in [-0.15, -0.1) is 0 Å². The summed E-state index contributed by atoms with van der Waals surface area (Å²) in [4.78, 5) is 16.3. The van der Waals surface area contributed by atoms with E-state index < -0.39 is 0 Å². The molecule has 1 saturated heterocycles. The summed E-state index contributed by atoms with van der Waals surface area (Å²) in [6.45, 7) is 8.16. The Bertz CT molecular complexity index is 499. The average molecular weight is 324 g/mol. The zero-order valence-electron chi connectivity index (χ0n) is 13.6. The molecule has 0 bridgehead atoms. The molecule has 122 valence electrons. The summed E-state index contributed by atoms with van der Waals surface area (Å²) in [5.41, 5.74) is 2.23. The topological polar surface area (TPSA) is 35.6 Å². The number of halogens is 1. The molecule has 0 saturated carbocycles. The maximum atomic E-state index is 12.1. The normalized spacial score (nSPS) is 15.0. The van der Waals surface area contributed by atoms with E-state index in [-0.39, 0.29) is 6.03 Å². The lowest BCUT2D eigenvalue weighted by Crippen LogP contribution is -2.52. The van der Waals surface area contributed by atoms with Gasteiger partial charge in [-0.05, 0) is 31.0 Å². The predicted octanol–water partition coefficient (Wildman–Crippen LogP) is 3.67. The highest BCUT2D eigenvalue weighted by Gasteiger charge is 2.21. The fourth-order valence-corrected chi connectivity index (χ4v) is 2.80. The first-order valence-electron chi connectivity index (χ1n) is 8.15. The maximum Gasteiger partial charge on any atom is 0.317 e. The molecule has 0 aromatic heterocycles. The Morgan fingerprint density at radius 3 is 2.59 bits per heavy atom. The molecule has 1 aromatic rings. The van der Waals surface area contributed by atoms with Gasteiger partial charge in [-0.3, -0.25) is 0 Å². The van der Waals surface area contributed by atoms with E-state index in [2.05, 4.69) is 23.2 Å². The van der Waals surface area contributed by atoms with Gasteiger partial charge >= 0.3 is 6.03 Å². The summed E-state index contributed by atoms with van der Waals surface area (Å²) >= 11 is 6.19. The number of rotatable bonds is 5. The lowest BCUT2D eigenvalue weighted by molar-refractivity contribution is 0.194. The van der Waals surface area contributed by atoms with Crippen molar-refractivity contribution in [3.05, 3.63) is 28.8 Å². The molecule has 0 radical (unpaired) electrons. The monoisotopic (exact) mass is 323 g/mol. The van der Waals surface area contributed by atoms with Crippen LogP contribution in [-0.4, -0.2) is 43.7 Å². The van der Waals surface area contributed by atoms with Crippen LogP contribution in [0.15, 0.2) is 18.2 Å². The average Bonchev–Trinajstić information content (AvgIpc) is 2.54. The smallest absolute Gasteiger partial charge is 0.317 e. The van der Waals surface area contributed by atoms with Crippen molar-refractivity contribution < 1.29 is 4.79 Å². The molecule has 1 aromatic carbocycles. The second-order valence-electron chi connectivity index (χ2n) is 5.85. The number of benzene rings is 1. The summed E-state index contributed by atoms with van der Waals surface area (Å²) in [6, 6.07) is 6.22. The van der Waals surface area contributed by atoms with Gasteiger partial charge in [0.25, 0.3) is 0 Å². The van der Waals surface area contributed by atoms with Crippen LogP contribution < -0.4 is 10.2 Å². The van der Waals surface area contributed by atoms with E-state index >= 15 is 0 Å². The van der Waals surface area contributed by atoms with Crippen LogP contribution in [0.2, 0.25) is 5.02 Å². The third kappa shape index (κ3) is 4.54. The molecule has 0 unspecified atom stereocenters. The lowest BCUT2D eigenvalue weighted by Gasteiger charge is -2.36. The third-order valence-corrected chi connectivity index (χ3v) is 4.55. The Kier molecular flexibility index (Phi) is 6.37. The van der Waals surface area contributed by atoms with Crippen LogP contribution in [0.4, 0.5) is 10.5 Å². The fourth-order valence-electron chi connectivity index (χ4n) is 2.63. The van der Waals surface area contributed by atoms with Crippen molar-refractivity contribution in [3.8, 4) is 0 Å². The number of urea groups is 1. The predicted molar refractivity (Wildman–Crippen MR) is 92.9 cm³/mol. The Morgan fingerprint density at radius 1 is 1.23 bits per heavy atom. The van der Waals surface area contributed by atoms with Gasteiger partial charge in [0.2, 0.25) is 0 Å². The van der Waals surface area contributed by atoms with Crippen LogP contribution in [0.3, 0.4) is 0 Å². The van der Waals surface area contributed by atoms with Crippen molar-refractivity contribution in [2.45, 2.75) is 33.1 Å². The minimum Gasteiger partial charge on any atom is -0.368 e. The molecule has 5 heteroatoms. The summed E-state index contributed by atoms with van der Waals surface area (Å²) < 4.78 is 0. The number of carbonyl (C=O) groups is 1. The zero-order chi connectivity index (χ0) is 15.9. The number of piperazine rings is 1. The molecular formula is C17H26ClN3O. The Hall–Kier alpha value is -1.42. The van der Waals surface area contributed by atoms with E-state index in [4.69, 9.17) is 11.6 Å². The van der Waals surface area contributed by atoms with Crippen LogP contribution >= 0.6 is 11.6 Å². The second kappa shape index (κ2) is 8.28. The Labute approximate surface area is 138 Å². The van der Waals surface area contributed by atoms with E-state index in [1.54, 1.807) is 0 Å². The first kappa shape index (κ1) is 16.9. The molecule has 1 fully saturated rings. The molecule has 1 aliphatic heterocycles. The van der Waals surface area contributed by atoms with Crippen molar-refractivity contribution in [1.82, 2.24) is 10.2 Å².